The van der Waals surface area contributed by atoms with Crippen molar-refractivity contribution in [1.29, 1.82) is 0 Å². The molecular weight excluding hydrogens is 246 g/mol. The molecule has 3 nitrogen and oxygen atoms in total. The van der Waals surface area contributed by atoms with Crippen LogP contribution in [-0.2, 0) is 0 Å². The first-order chi connectivity index (χ1) is 6.74. The molecule has 0 fully saturated rings. The van der Waals surface area contributed by atoms with Crippen LogP contribution in [0.3, 0.4) is 0 Å². The number of nitrogens with one attached hydrogen (secondary N) is 1. The van der Waals surface area contributed by atoms with Crippen LogP contribution in [0.15, 0.2) is 24.3 Å². The van der Waals surface area contributed by atoms with Crippen LogP contribution in [0.25, 0.3) is 0 Å². The van der Waals surface area contributed by atoms with E-state index in [0.29, 0.717) is 12.1 Å². The number of benzene rings is 1. The Morgan fingerprint density at radius 2 is 2.29 bits per heavy atom. The predicted molar refractivity (Wildman–Crippen MR) is 58.9 cm³/mol. The molecule has 0 heterocycles. The third-order valence-corrected chi connectivity index (χ3v) is 2.27. The van der Waals surface area contributed by atoms with Gasteiger partial charge in [0.25, 0.3) is 5.91 Å². The molecule has 1 aromatic rings. The predicted octanol–water partition coefficient (Wildman–Crippen LogP) is 1.91. The number of halogens is 1. The van der Waals surface area contributed by atoms with Gasteiger partial charge in [-0.15, -0.1) is 0 Å². The Hall–Kier alpha value is -1.03. The fourth-order valence-corrected chi connectivity index (χ4v) is 1.30. The van der Waals surface area contributed by atoms with Gasteiger partial charge in [0.2, 0.25) is 0 Å². The molecule has 14 heavy (non-hydrogen) atoms. The highest BCUT2D eigenvalue weighted by Gasteiger charge is 2.04. The average Bonchev–Trinajstić information content (AvgIpc) is 2.18. The van der Waals surface area contributed by atoms with Crippen molar-refractivity contribution in [3.63, 3.8) is 0 Å². The van der Waals surface area contributed by atoms with Crippen molar-refractivity contribution < 1.29 is 9.90 Å². The first kappa shape index (κ1) is 11.0. The van der Waals surface area contributed by atoms with Crippen LogP contribution < -0.4 is 5.32 Å². The third kappa shape index (κ3) is 3.38. The zero-order chi connectivity index (χ0) is 10.4. The number of aromatic hydroxyl groups is 1. The van der Waals surface area contributed by atoms with Gasteiger partial charge < -0.3 is 10.4 Å². The number of carbonyl (C=O) groups is 1. The van der Waals surface area contributed by atoms with Gasteiger partial charge in [-0.25, -0.2) is 0 Å². The van der Waals surface area contributed by atoms with Crippen LogP contribution in [0.5, 0.6) is 5.75 Å². The summed E-state index contributed by atoms with van der Waals surface area (Å²) in [6.45, 7) is 0.639. The van der Waals surface area contributed by atoms with Crippen LogP contribution in [0.1, 0.15) is 16.8 Å². The Labute approximate surface area is 91.3 Å². The number of hydrogen-bond acceptors (Lipinski definition) is 2. The van der Waals surface area contributed by atoms with Crippen molar-refractivity contribution in [2.24, 2.45) is 0 Å². The molecule has 1 amide bonds. The normalized spacial score (nSPS) is 9.79. The molecule has 76 valence electrons. The molecule has 0 radical (unpaired) electrons. The number of rotatable bonds is 4. The molecule has 0 atom stereocenters. The molecular formula is C10H12BrNO2. The third-order valence-electron chi connectivity index (χ3n) is 1.70. The van der Waals surface area contributed by atoms with Crippen molar-refractivity contribution in [1.82, 2.24) is 5.32 Å². The fraction of sp³-hybridized carbons (Fsp3) is 0.300. The van der Waals surface area contributed by atoms with Gasteiger partial charge in [0.15, 0.2) is 0 Å². The van der Waals surface area contributed by atoms with E-state index in [9.17, 15) is 4.79 Å². The van der Waals surface area contributed by atoms with E-state index in [0.717, 1.165) is 11.8 Å². The van der Waals surface area contributed by atoms with Gasteiger partial charge in [0.1, 0.15) is 5.75 Å². The van der Waals surface area contributed by atoms with Crippen LogP contribution in [0.2, 0.25) is 0 Å². The summed E-state index contributed by atoms with van der Waals surface area (Å²) in [5.74, 6) is -0.0417. The highest BCUT2D eigenvalue weighted by Crippen LogP contribution is 2.10. The van der Waals surface area contributed by atoms with Gasteiger partial charge in [0.05, 0.1) is 0 Å². The van der Waals surface area contributed by atoms with E-state index >= 15 is 0 Å². The first-order valence-electron chi connectivity index (χ1n) is 4.37. The van der Waals surface area contributed by atoms with Gasteiger partial charge >= 0.3 is 0 Å². The first-order valence-corrected chi connectivity index (χ1v) is 5.49. The van der Waals surface area contributed by atoms with Gasteiger partial charge in [0, 0.05) is 17.4 Å². The minimum Gasteiger partial charge on any atom is -0.508 e. The summed E-state index contributed by atoms with van der Waals surface area (Å²) < 4.78 is 0. The van der Waals surface area contributed by atoms with E-state index in [4.69, 9.17) is 5.11 Å². The molecule has 0 unspecified atom stereocenters. The largest absolute Gasteiger partial charge is 0.508 e. The number of hydrogen-bond donors (Lipinski definition) is 2. The van der Waals surface area contributed by atoms with Gasteiger partial charge in [-0.2, -0.15) is 0 Å². The van der Waals surface area contributed by atoms with E-state index in [-0.39, 0.29) is 11.7 Å². The lowest BCUT2D eigenvalue weighted by Crippen LogP contribution is -2.24. The summed E-state index contributed by atoms with van der Waals surface area (Å²) in [6.07, 6.45) is 0.893. The maximum absolute atomic E-state index is 11.4. The molecule has 0 aliphatic carbocycles. The quantitative estimate of drug-likeness (QED) is 0.640. The fourth-order valence-electron chi connectivity index (χ4n) is 1.02. The molecule has 0 spiro atoms. The number of amides is 1. The Morgan fingerprint density at radius 1 is 1.50 bits per heavy atom. The van der Waals surface area contributed by atoms with Gasteiger partial charge in [-0.05, 0) is 24.6 Å². The smallest absolute Gasteiger partial charge is 0.251 e. The van der Waals surface area contributed by atoms with E-state index < -0.39 is 0 Å². The highest BCUT2D eigenvalue weighted by molar-refractivity contribution is 9.09. The maximum atomic E-state index is 11.4. The summed E-state index contributed by atoms with van der Waals surface area (Å²) in [6, 6.07) is 6.30. The van der Waals surface area contributed by atoms with Crippen molar-refractivity contribution in [2.45, 2.75) is 6.42 Å². The van der Waals surface area contributed by atoms with Crippen molar-refractivity contribution >= 4 is 21.8 Å². The van der Waals surface area contributed by atoms with Crippen molar-refractivity contribution in [2.75, 3.05) is 11.9 Å². The number of carbonyl (C=O) groups excluding carboxylic acids is 1. The van der Waals surface area contributed by atoms with E-state index in [2.05, 4.69) is 21.2 Å². The van der Waals surface area contributed by atoms with Gasteiger partial charge in [-0.3, -0.25) is 4.79 Å². The van der Waals surface area contributed by atoms with E-state index in [1.54, 1.807) is 12.1 Å². The van der Waals surface area contributed by atoms with Crippen molar-refractivity contribution in [3.8, 4) is 5.75 Å². The highest BCUT2D eigenvalue weighted by atomic mass is 79.9. The number of phenols is 1. The van der Waals surface area contributed by atoms with E-state index in [1.165, 1.54) is 12.1 Å². The van der Waals surface area contributed by atoms with E-state index in [1.807, 2.05) is 0 Å². The monoisotopic (exact) mass is 257 g/mol. The molecule has 4 heteroatoms. The van der Waals surface area contributed by atoms with Crippen LogP contribution in [0, 0.1) is 0 Å². The van der Waals surface area contributed by atoms with Gasteiger partial charge in [-0.1, -0.05) is 22.0 Å². The molecule has 0 bridgehead atoms. The summed E-state index contributed by atoms with van der Waals surface area (Å²) in [4.78, 5) is 11.4. The molecule has 1 rings (SSSR count). The lowest BCUT2D eigenvalue weighted by Gasteiger charge is -2.03. The Bertz CT molecular complexity index is 315. The minimum atomic E-state index is -0.151. The van der Waals surface area contributed by atoms with Crippen LogP contribution in [0.4, 0.5) is 0 Å². The second-order valence-corrected chi connectivity index (χ2v) is 3.64. The minimum absolute atomic E-state index is 0.109. The lowest BCUT2D eigenvalue weighted by atomic mass is 10.2. The average molecular weight is 258 g/mol. The Morgan fingerprint density at radius 3 is 2.93 bits per heavy atom. The summed E-state index contributed by atoms with van der Waals surface area (Å²) in [7, 11) is 0. The zero-order valence-electron chi connectivity index (χ0n) is 7.66. The van der Waals surface area contributed by atoms with Crippen LogP contribution in [-0.4, -0.2) is 22.9 Å². The molecule has 1 aromatic carbocycles. The SMILES string of the molecule is O=C(NCCCBr)c1cccc(O)c1. The zero-order valence-corrected chi connectivity index (χ0v) is 9.25. The summed E-state index contributed by atoms with van der Waals surface area (Å²) in [5, 5.41) is 12.8. The summed E-state index contributed by atoms with van der Waals surface area (Å²) >= 11 is 3.28. The second kappa shape index (κ2) is 5.65. The summed E-state index contributed by atoms with van der Waals surface area (Å²) in [5.41, 5.74) is 0.486. The maximum Gasteiger partial charge on any atom is 0.251 e. The topological polar surface area (TPSA) is 49.3 Å². The second-order valence-electron chi connectivity index (χ2n) is 2.85. The molecule has 0 aliphatic rings. The number of phenolic OH excluding ortho intramolecular Hbond substituents is 1. The Kier molecular flexibility index (Phi) is 4.46. The van der Waals surface area contributed by atoms with Crippen molar-refractivity contribution in [3.05, 3.63) is 29.8 Å². The molecule has 2 N–H and O–H groups in total. The molecule has 0 aromatic heterocycles. The molecule has 0 aliphatic heterocycles. The van der Waals surface area contributed by atoms with Crippen LogP contribution >= 0.6 is 15.9 Å². The Balaban J connectivity index is 2.52. The molecule has 0 saturated heterocycles. The lowest BCUT2D eigenvalue weighted by molar-refractivity contribution is 0.0953. The molecule has 0 saturated carbocycles. The standard InChI is InChI=1S/C10H12BrNO2/c11-5-2-6-12-10(14)8-3-1-4-9(13)7-8/h1,3-4,7,13H,2,5-6H2,(H,12,14). The number of alkyl halides is 1.